The van der Waals surface area contributed by atoms with E-state index >= 15 is 0 Å². The maximum atomic E-state index is 12.3. The van der Waals surface area contributed by atoms with Gasteiger partial charge in [-0.2, -0.15) is 0 Å². The number of carbonyl (C=O) groups excluding carboxylic acids is 3. The lowest BCUT2D eigenvalue weighted by Crippen LogP contribution is -2.52. The highest BCUT2D eigenvalue weighted by Crippen LogP contribution is 2.32. The molecule has 8 heteroatoms. The highest BCUT2D eigenvalue weighted by atomic mass is 16.5. The van der Waals surface area contributed by atoms with Crippen LogP contribution in [0.4, 0.5) is 5.69 Å². The first-order chi connectivity index (χ1) is 12.0. The Kier molecular flexibility index (Phi) is 6.21. The number of fused-ring (bicyclic) bond motifs is 1. The van der Waals surface area contributed by atoms with Crippen LogP contribution < -0.4 is 25.6 Å². The first-order valence-corrected chi connectivity index (χ1v) is 8.25. The molecule has 1 aromatic rings. The van der Waals surface area contributed by atoms with E-state index in [4.69, 9.17) is 4.74 Å². The molecule has 1 aliphatic heterocycles. The Morgan fingerprint density at radius 3 is 2.72 bits per heavy atom. The summed E-state index contributed by atoms with van der Waals surface area (Å²) in [6.45, 7) is 4.22. The predicted molar refractivity (Wildman–Crippen MR) is 93.4 cm³/mol. The van der Waals surface area contributed by atoms with Crippen LogP contribution in [0.15, 0.2) is 24.3 Å². The van der Waals surface area contributed by atoms with Gasteiger partial charge in [-0.3, -0.25) is 14.4 Å². The summed E-state index contributed by atoms with van der Waals surface area (Å²) in [5, 5.41) is 7.88. The molecule has 1 aromatic carbocycles. The normalized spacial score (nSPS) is 16.9. The molecule has 0 aliphatic carbocycles. The first kappa shape index (κ1) is 18.6. The van der Waals surface area contributed by atoms with Crippen molar-refractivity contribution >= 4 is 23.4 Å². The summed E-state index contributed by atoms with van der Waals surface area (Å²) in [6.07, 6.45) is -0.700. The second-order valence-corrected chi connectivity index (χ2v) is 5.75. The van der Waals surface area contributed by atoms with Crippen LogP contribution in [0.2, 0.25) is 0 Å². The van der Waals surface area contributed by atoms with E-state index in [9.17, 15) is 14.4 Å². The van der Waals surface area contributed by atoms with Crippen molar-refractivity contribution in [3.63, 3.8) is 0 Å². The molecule has 25 heavy (non-hydrogen) atoms. The van der Waals surface area contributed by atoms with Gasteiger partial charge in [-0.15, -0.1) is 0 Å². The average Bonchev–Trinajstić information content (AvgIpc) is 2.60. The van der Waals surface area contributed by atoms with Crippen LogP contribution in [0.25, 0.3) is 0 Å². The minimum Gasteiger partial charge on any atom is -0.477 e. The van der Waals surface area contributed by atoms with Gasteiger partial charge in [0.25, 0.3) is 5.91 Å². The third-order valence-corrected chi connectivity index (χ3v) is 3.86. The van der Waals surface area contributed by atoms with Crippen molar-refractivity contribution in [3.8, 4) is 5.75 Å². The number of ether oxygens (including phenoxy) is 1. The van der Waals surface area contributed by atoms with Crippen molar-refractivity contribution in [1.29, 1.82) is 0 Å². The Morgan fingerprint density at radius 2 is 2.04 bits per heavy atom. The Morgan fingerprint density at radius 1 is 1.32 bits per heavy atom. The Balaban J connectivity index is 2.07. The molecule has 2 atom stereocenters. The lowest BCUT2D eigenvalue weighted by Gasteiger charge is -2.35. The van der Waals surface area contributed by atoms with E-state index in [1.807, 2.05) is 19.1 Å². The molecular formula is C17H24N4O4. The third-order valence-electron chi connectivity index (χ3n) is 3.86. The monoisotopic (exact) mass is 348 g/mol. The Hall–Kier alpha value is -2.77. The van der Waals surface area contributed by atoms with E-state index < -0.39 is 12.1 Å². The molecule has 0 saturated heterocycles. The highest BCUT2D eigenvalue weighted by Gasteiger charge is 2.31. The van der Waals surface area contributed by atoms with Gasteiger partial charge in [0, 0.05) is 13.6 Å². The molecule has 3 amide bonds. The standard InChI is InChI=1S/C17H24N4O4/c1-4-19-16(23)11(2)20-15(22)10-21-9-14(17(24)18-3)25-13-8-6-5-7-12(13)21/h5-8,11,14H,4,9-10H2,1-3H3,(H,18,24)(H,19,23)(H,20,22)/t11-,14+/m0/s1. The van der Waals surface area contributed by atoms with Crippen molar-refractivity contribution in [3.05, 3.63) is 24.3 Å². The van der Waals surface area contributed by atoms with Gasteiger partial charge in [0.1, 0.15) is 11.8 Å². The summed E-state index contributed by atoms with van der Waals surface area (Å²) < 4.78 is 5.70. The predicted octanol–water partition coefficient (Wildman–Crippen LogP) is -0.359. The molecule has 0 fully saturated rings. The van der Waals surface area contributed by atoms with Gasteiger partial charge in [0.15, 0.2) is 6.10 Å². The third kappa shape index (κ3) is 4.62. The van der Waals surface area contributed by atoms with E-state index in [2.05, 4.69) is 16.0 Å². The zero-order valence-corrected chi connectivity index (χ0v) is 14.7. The molecule has 136 valence electrons. The number of amides is 3. The number of para-hydroxylation sites is 2. The molecule has 1 aliphatic rings. The summed E-state index contributed by atoms with van der Waals surface area (Å²) in [5.41, 5.74) is 0.739. The Labute approximate surface area is 146 Å². The van der Waals surface area contributed by atoms with Crippen LogP contribution in [0.5, 0.6) is 5.75 Å². The molecule has 0 saturated carbocycles. The fourth-order valence-corrected chi connectivity index (χ4v) is 2.61. The summed E-state index contributed by atoms with van der Waals surface area (Å²) in [7, 11) is 1.54. The van der Waals surface area contributed by atoms with Gasteiger partial charge in [0.05, 0.1) is 18.8 Å². The number of likely N-dealkylation sites (N-methyl/N-ethyl adjacent to an activating group) is 2. The van der Waals surface area contributed by atoms with Crippen LogP contribution in [-0.4, -0.2) is 56.5 Å². The SMILES string of the molecule is CCNC(=O)[C@H](C)NC(=O)CN1C[C@H](C(=O)NC)Oc2ccccc21. The second-order valence-electron chi connectivity index (χ2n) is 5.75. The van der Waals surface area contributed by atoms with Crippen LogP contribution in [0, 0.1) is 0 Å². The molecule has 0 bridgehead atoms. The lowest BCUT2D eigenvalue weighted by atomic mass is 10.1. The lowest BCUT2D eigenvalue weighted by molar-refractivity contribution is -0.128. The van der Waals surface area contributed by atoms with E-state index in [0.717, 1.165) is 5.69 Å². The number of benzene rings is 1. The highest BCUT2D eigenvalue weighted by molar-refractivity contribution is 5.90. The van der Waals surface area contributed by atoms with Gasteiger partial charge in [0.2, 0.25) is 11.8 Å². The molecule has 0 aromatic heterocycles. The van der Waals surface area contributed by atoms with Gasteiger partial charge in [-0.05, 0) is 26.0 Å². The largest absolute Gasteiger partial charge is 0.477 e. The van der Waals surface area contributed by atoms with Gasteiger partial charge in [-0.25, -0.2) is 0 Å². The minimum absolute atomic E-state index is 0.0254. The zero-order valence-electron chi connectivity index (χ0n) is 14.7. The first-order valence-electron chi connectivity index (χ1n) is 8.25. The molecule has 3 N–H and O–H groups in total. The molecule has 0 spiro atoms. The molecular weight excluding hydrogens is 324 g/mol. The summed E-state index contributed by atoms with van der Waals surface area (Å²) in [6, 6.07) is 6.60. The summed E-state index contributed by atoms with van der Waals surface area (Å²) in [4.78, 5) is 37.8. The smallest absolute Gasteiger partial charge is 0.262 e. The van der Waals surface area contributed by atoms with Crippen LogP contribution in [0.1, 0.15) is 13.8 Å². The van der Waals surface area contributed by atoms with E-state index in [-0.39, 0.29) is 30.8 Å². The van der Waals surface area contributed by atoms with Crippen molar-refractivity contribution in [2.75, 3.05) is 31.6 Å². The number of hydrogen-bond acceptors (Lipinski definition) is 5. The fourth-order valence-electron chi connectivity index (χ4n) is 2.61. The van der Waals surface area contributed by atoms with E-state index in [1.54, 1.807) is 24.0 Å². The molecule has 0 radical (unpaired) electrons. The quantitative estimate of drug-likeness (QED) is 0.652. The maximum absolute atomic E-state index is 12.3. The van der Waals surface area contributed by atoms with Crippen LogP contribution in [-0.2, 0) is 14.4 Å². The number of anilines is 1. The Bertz CT molecular complexity index is 649. The average molecular weight is 348 g/mol. The van der Waals surface area contributed by atoms with E-state index in [0.29, 0.717) is 12.3 Å². The molecule has 2 rings (SSSR count). The minimum atomic E-state index is -0.700. The van der Waals surface area contributed by atoms with Crippen LogP contribution in [0.3, 0.4) is 0 Å². The van der Waals surface area contributed by atoms with Gasteiger partial charge in [-0.1, -0.05) is 12.1 Å². The second kappa shape index (κ2) is 8.36. The van der Waals surface area contributed by atoms with Crippen molar-refractivity contribution in [1.82, 2.24) is 16.0 Å². The maximum Gasteiger partial charge on any atom is 0.262 e. The topological polar surface area (TPSA) is 99.8 Å². The van der Waals surface area contributed by atoms with Crippen molar-refractivity contribution in [2.45, 2.75) is 26.0 Å². The number of nitrogens with zero attached hydrogens (tertiary/aromatic N) is 1. The number of hydrogen-bond donors (Lipinski definition) is 3. The fraction of sp³-hybridized carbons (Fsp3) is 0.471. The van der Waals surface area contributed by atoms with Crippen molar-refractivity contribution in [2.24, 2.45) is 0 Å². The number of rotatable bonds is 6. The molecule has 8 nitrogen and oxygen atoms in total. The molecule has 1 heterocycles. The molecule has 0 unspecified atom stereocenters. The van der Waals surface area contributed by atoms with Crippen LogP contribution >= 0.6 is 0 Å². The summed E-state index contributed by atoms with van der Waals surface area (Å²) >= 11 is 0. The summed E-state index contributed by atoms with van der Waals surface area (Å²) in [5.74, 6) is -0.241. The van der Waals surface area contributed by atoms with Crippen molar-refractivity contribution < 1.29 is 19.1 Å². The van der Waals surface area contributed by atoms with E-state index in [1.165, 1.54) is 7.05 Å². The number of nitrogens with one attached hydrogen (secondary N) is 3. The van der Waals surface area contributed by atoms with Gasteiger partial charge < -0.3 is 25.6 Å². The number of carbonyl (C=O) groups is 3. The zero-order chi connectivity index (χ0) is 18.4. The van der Waals surface area contributed by atoms with Gasteiger partial charge >= 0.3 is 0 Å².